The molecule has 0 unspecified atom stereocenters. The minimum absolute atomic E-state index is 0.0461. The first-order valence-electron chi connectivity index (χ1n) is 6.68. The molecule has 20 heavy (non-hydrogen) atoms. The molecule has 5 heteroatoms. The van der Waals surface area contributed by atoms with Crippen molar-refractivity contribution in [1.29, 1.82) is 0 Å². The summed E-state index contributed by atoms with van der Waals surface area (Å²) in [6.07, 6.45) is 3.06. The van der Waals surface area contributed by atoms with E-state index >= 15 is 0 Å². The number of amides is 1. The van der Waals surface area contributed by atoms with Crippen LogP contribution in [0.15, 0.2) is 40.9 Å². The predicted octanol–water partition coefficient (Wildman–Crippen LogP) is 3.46. The average molecular weight is 290 g/mol. The quantitative estimate of drug-likeness (QED) is 0.606. The van der Waals surface area contributed by atoms with E-state index in [-0.39, 0.29) is 5.91 Å². The molecule has 4 nitrogen and oxygen atoms in total. The smallest absolute Gasteiger partial charge is 0.224 e. The Labute approximate surface area is 124 Å². The Morgan fingerprint density at radius 1 is 1.25 bits per heavy atom. The van der Waals surface area contributed by atoms with Gasteiger partial charge in [-0.25, -0.2) is 0 Å². The third kappa shape index (κ3) is 4.74. The lowest BCUT2D eigenvalue weighted by atomic mass is 10.1. The SMILES string of the molecule is O=C(CCCCc1cc(CS)no1)Nc1ccccc1. The molecule has 106 valence electrons. The summed E-state index contributed by atoms with van der Waals surface area (Å²) in [4.78, 5) is 11.7. The lowest BCUT2D eigenvalue weighted by molar-refractivity contribution is -0.116. The molecule has 0 radical (unpaired) electrons. The van der Waals surface area contributed by atoms with Crippen LogP contribution in [0.25, 0.3) is 0 Å². The molecule has 0 aliphatic carbocycles. The minimum atomic E-state index is 0.0461. The molecule has 1 aromatic heterocycles. The first-order valence-corrected chi connectivity index (χ1v) is 7.31. The molecule has 0 saturated carbocycles. The standard InChI is InChI=1S/C15H18N2O2S/c18-15(16-12-6-2-1-3-7-12)9-5-4-8-14-10-13(11-20)17-19-14/h1-3,6-7,10,20H,4-5,8-9,11H2,(H,16,18). The highest BCUT2D eigenvalue weighted by Gasteiger charge is 2.05. The third-order valence-corrected chi connectivity index (χ3v) is 3.23. The summed E-state index contributed by atoms with van der Waals surface area (Å²) in [6, 6.07) is 11.4. The largest absolute Gasteiger partial charge is 0.361 e. The topological polar surface area (TPSA) is 55.1 Å². The molecule has 1 N–H and O–H groups in total. The van der Waals surface area contributed by atoms with Crippen molar-refractivity contribution in [2.75, 3.05) is 5.32 Å². The maximum absolute atomic E-state index is 11.7. The highest BCUT2D eigenvalue weighted by atomic mass is 32.1. The van der Waals surface area contributed by atoms with Gasteiger partial charge in [0.2, 0.25) is 5.91 Å². The van der Waals surface area contributed by atoms with Crippen molar-refractivity contribution < 1.29 is 9.32 Å². The number of unbranched alkanes of at least 4 members (excludes halogenated alkanes) is 1. The Balaban J connectivity index is 1.64. The zero-order chi connectivity index (χ0) is 14.2. The monoisotopic (exact) mass is 290 g/mol. The summed E-state index contributed by atoms with van der Waals surface area (Å²) in [5.41, 5.74) is 1.69. The van der Waals surface area contributed by atoms with Gasteiger partial charge in [0.1, 0.15) is 5.76 Å². The Kier molecular flexibility index (Phi) is 5.68. The Bertz CT molecular complexity index is 540. The van der Waals surface area contributed by atoms with E-state index in [0.717, 1.165) is 36.4 Å². The van der Waals surface area contributed by atoms with Crippen LogP contribution in [0.3, 0.4) is 0 Å². The molecule has 0 atom stereocenters. The number of hydrogen-bond acceptors (Lipinski definition) is 4. The van der Waals surface area contributed by atoms with Crippen LogP contribution < -0.4 is 5.32 Å². The summed E-state index contributed by atoms with van der Waals surface area (Å²) < 4.78 is 5.16. The van der Waals surface area contributed by atoms with Crippen LogP contribution in [-0.2, 0) is 17.0 Å². The van der Waals surface area contributed by atoms with Crippen molar-refractivity contribution in [1.82, 2.24) is 5.16 Å². The summed E-state index contributed by atoms with van der Waals surface area (Å²) in [6.45, 7) is 0. The van der Waals surface area contributed by atoms with Crippen molar-refractivity contribution in [2.45, 2.75) is 31.4 Å². The van der Waals surface area contributed by atoms with E-state index in [2.05, 4.69) is 23.1 Å². The first kappa shape index (κ1) is 14.7. The summed E-state index contributed by atoms with van der Waals surface area (Å²) in [7, 11) is 0. The van der Waals surface area contributed by atoms with E-state index in [4.69, 9.17) is 4.52 Å². The number of carbonyl (C=O) groups is 1. The second-order valence-electron chi connectivity index (χ2n) is 4.56. The second-order valence-corrected chi connectivity index (χ2v) is 4.88. The van der Waals surface area contributed by atoms with Crippen LogP contribution in [0.1, 0.15) is 30.7 Å². The molecule has 2 rings (SSSR count). The van der Waals surface area contributed by atoms with Gasteiger partial charge in [0, 0.05) is 30.3 Å². The van der Waals surface area contributed by atoms with Crippen LogP contribution in [0, 0.1) is 0 Å². The minimum Gasteiger partial charge on any atom is -0.361 e. The molecule has 1 amide bonds. The molecule has 1 aromatic carbocycles. The van der Waals surface area contributed by atoms with Crippen LogP contribution in [0.4, 0.5) is 5.69 Å². The maximum Gasteiger partial charge on any atom is 0.224 e. The van der Waals surface area contributed by atoms with E-state index in [1.165, 1.54) is 0 Å². The van der Waals surface area contributed by atoms with Gasteiger partial charge in [0.15, 0.2) is 0 Å². The number of para-hydroxylation sites is 1. The van der Waals surface area contributed by atoms with Crippen LogP contribution in [0.5, 0.6) is 0 Å². The maximum atomic E-state index is 11.7. The number of aryl methyl sites for hydroxylation is 1. The van der Waals surface area contributed by atoms with Crippen molar-refractivity contribution in [2.24, 2.45) is 0 Å². The van der Waals surface area contributed by atoms with Gasteiger partial charge >= 0.3 is 0 Å². The number of nitrogens with zero attached hydrogens (tertiary/aromatic N) is 1. The molecule has 0 spiro atoms. The summed E-state index contributed by atoms with van der Waals surface area (Å²) in [5, 5.41) is 6.74. The van der Waals surface area contributed by atoms with E-state index in [1.807, 2.05) is 36.4 Å². The molecule has 2 aromatic rings. The Morgan fingerprint density at radius 3 is 2.75 bits per heavy atom. The number of nitrogens with one attached hydrogen (secondary N) is 1. The van der Waals surface area contributed by atoms with E-state index in [0.29, 0.717) is 12.2 Å². The molecule has 0 aliphatic heterocycles. The van der Waals surface area contributed by atoms with Gasteiger partial charge in [-0.15, -0.1) is 0 Å². The van der Waals surface area contributed by atoms with Crippen LogP contribution >= 0.6 is 12.6 Å². The summed E-state index contributed by atoms with van der Waals surface area (Å²) in [5.74, 6) is 1.49. The van der Waals surface area contributed by atoms with Crippen LogP contribution in [0.2, 0.25) is 0 Å². The lowest BCUT2D eigenvalue weighted by Gasteiger charge is -2.04. The van der Waals surface area contributed by atoms with E-state index in [1.54, 1.807) is 0 Å². The molecular weight excluding hydrogens is 272 g/mol. The average Bonchev–Trinajstić information content (AvgIpc) is 2.93. The molecular formula is C15H18N2O2S. The van der Waals surface area contributed by atoms with Crippen molar-refractivity contribution in [3.8, 4) is 0 Å². The van der Waals surface area contributed by atoms with Gasteiger partial charge < -0.3 is 9.84 Å². The predicted molar refractivity (Wildman–Crippen MR) is 81.8 cm³/mol. The fourth-order valence-electron chi connectivity index (χ4n) is 1.88. The Morgan fingerprint density at radius 2 is 2.05 bits per heavy atom. The molecule has 1 heterocycles. The van der Waals surface area contributed by atoms with Gasteiger partial charge in [-0.1, -0.05) is 23.4 Å². The molecule has 0 aliphatic rings. The fraction of sp³-hybridized carbons (Fsp3) is 0.333. The summed E-state index contributed by atoms with van der Waals surface area (Å²) >= 11 is 4.13. The number of carbonyl (C=O) groups excluding carboxylic acids is 1. The van der Waals surface area contributed by atoms with Crippen LogP contribution in [-0.4, -0.2) is 11.1 Å². The molecule has 0 fully saturated rings. The lowest BCUT2D eigenvalue weighted by Crippen LogP contribution is -2.10. The second kappa shape index (κ2) is 7.75. The van der Waals surface area contributed by atoms with E-state index in [9.17, 15) is 4.79 Å². The third-order valence-electron chi connectivity index (χ3n) is 2.90. The van der Waals surface area contributed by atoms with Crippen molar-refractivity contribution in [3.05, 3.63) is 47.9 Å². The highest BCUT2D eigenvalue weighted by Crippen LogP contribution is 2.11. The fourth-order valence-corrected chi connectivity index (χ4v) is 2.03. The zero-order valence-electron chi connectivity index (χ0n) is 11.2. The van der Waals surface area contributed by atoms with Crippen molar-refractivity contribution in [3.63, 3.8) is 0 Å². The molecule has 0 saturated heterocycles. The number of rotatable bonds is 7. The van der Waals surface area contributed by atoms with Gasteiger partial charge in [0.25, 0.3) is 0 Å². The highest BCUT2D eigenvalue weighted by molar-refractivity contribution is 7.79. The zero-order valence-corrected chi connectivity index (χ0v) is 12.1. The van der Waals surface area contributed by atoms with Gasteiger partial charge in [-0.2, -0.15) is 12.6 Å². The molecule has 0 bridgehead atoms. The first-order chi connectivity index (χ1) is 9.78. The number of hydrogen-bond donors (Lipinski definition) is 2. The normalized spacial score (nSPS) is 10.4. The van der Waals surface area contributed by atoms with Gasteiger partial charge in [-0.05, 0) is 25.0 Å². The van der Waals surface area contributed by atoms with E-state index < -0.39 is 0 Å². The number of anilines is 1. The van der Waals surface area contributed by atoms with Gasteiger partial charge in [0.05, 0.1) is 5.69 Å². The van der Waals surface area contributed by atoms with Gasteiger partial charge in [-0.3, -0.25) is 4.79 Å². The number of thiol groups is 1. The number of benzene rings is 1. The Hall–Kier alpha value is -1.75. The van der Waals surface area contributed by atoms with Crippen molar-refractivity contribution >= 4 is 24.2 Å². The number of aromatic nitrogens is 1.